The van der Waals surface area contributed by atoms with E-state index in [0.717, 1.165) is 19.0 Å². The van der Waals surface area contributed by atoms with Crippen LogP contribution in [0, 0.1) is 0 Å². The summed E-state index contributed by atoms with van der Waals surface area (Å²) in [6, 6.07) is 7.66. The summed E-state index contributed by atoms with van der Waals surface area (Å²) in [5.41, 5.74) is 0.657. The van der Waals surface area contributed by atoms with Gasteiger partial charge in [-0.2, -0.15) is 0 Å². The number of carbonyl (C=O) groups is 1. The highest BCUT2D eigenvalue weighted by Crippen LogP contribution is 2.18. The molecule has 0 aromatic heterocycles. The number of nitrogens with one attached hydrogen (secondary N) is 2. The second-order valence-electron chi connectivity index (χ2n) is 4.34. The first-order valence-corrected chi connectivity index (χ1v) is 6.40. The Hall–Kier alpha value is -1.06. The number of halogens is 1. The molecule has 2 rings (SSSR count). The summed E-state index contributed by atoms with van der Waals surface area (Å²) in [5, 5.41) is 6.95. The first-order valence-electron chi connectivity index (χ1n) is 6.03. The number of carbonyl (C=O) groups excluding carboxylic acids is 1. The predicted molar refractivity (Wildman–Crippen MR) is 69.4 cm³/mol. The highest BCUT2D eigenvalue weighted by atomic mass is 35.5. The van der Waals surface area contributed by atoms with E-state index in [4.69, 9.17) is 11.6 Å². The van der Waals surface area contributed by atoms with E-state index < -0.39 is 0 Å². The Kier molecular flexibility index (Phi) is 4.40. The Morgan fingerprint density at radius 1 is 1.24 bits per heavy atom. The fraction of sp³-hybridized carbons (Fsp3) is 0.462. The molecule has 17 heavy (non-hydrogen) atoms. The zero-order valence-electron chi connectivity index (χ0n) is 9.71. The molecule has 0 spiro atoms. The molecule has 2 N–H and O–H groups in total. The smallest absolute Gasteiger partial charge is 0.251 e. The summed E-state index contributed by atoms with van der Waals surface area (Å²) >= 11 is 5.76. The van der Waals surface area contributed by atoms with Crippen molar-refractivity contribution in [3.63, 3.8) is 0 Å². The van der Waals surface area contributed by atoms with Gasteiger partial charge >= 0.3 is 0 Å². The Morgan fingerprint density at radius 2 is 1.94 bits per heavy atom. The molecular formula is C13H17ClN2O. The minimum absolute atomic E-state index is 0.0342. The lowest BCUT2D eigenvalue weighted by Gasteiger charge is -2.06. The van der Waals surface area contributed by atoms with Crippen molar-refractivity contribution in [3.8, 4) is 0 Å². The molecule has 4 heteroatoms. The maximum atomic E-state index is 11.7. The van der Waals surface area contributed by atoms with Crippen LogP contribution in [0.15, 0.2) is 24.3 Å². The molecule has 0 saturated heterocycles. The lowest BCUT2D eigenvalue weighted by atomic mass is 10.2. The Morgan fingerprint density at radius 3 is 2.59 bits per heavy atom. The van der Waals surface area contributed by atoms with E-state index in [-0.39, 0.29) is 5.91 Å². The van der Waals surface area contributed by atoms with Gasteiger partial charge < -0.3 is 10.6 Å². The van der Waals surface area contributed by atoms with Crippen LogP contribution >= 0.6 is 11.6 Å². The van der Waals surface area contributed by atoms with Gasteiger partial charge in [-0.05, 0) is 50.1 Å². The van der Waals surface area contributed by atoms with Gasteiger partial charge in [0.2, 0.25) is 0 Å². The van der Waals surface area contributed by atoms with Crippen molar-refractivity contribution in [2.45, 2.75) is 25.3 Å². The van der Waals surface area contributed by atoms with Crippen molar-refractivity contribution < 1.29 is 4.79 Å². The standard InChI is InChI=1S/C13H17ClN2O/c14-11-4-2-10(3-5-11)13(17)16-9-1-8-15-12-6-7-12/h2-5,12,15H,1,6-9H2,(H,16,17). The van der Waals surface area contributed by atoms with Crippen LogP contribution in [0.3, 0.4) is 0 Å². The van der Waals surface area contributed by atoms with E-state index in [0.29, 0.717) is 17.1 Å². The third kappa shape index (κ3) is 4.36. The fourth-order valence-corrected chi connectivity index (χ4v) is 1.71. The van der Waals surface area contributed by atoms with Gasteiger partial charge in [-0.3, -0.25) is 4.79 Å². The lowest BCUT2D eigenvalue weighted by Crippen LogP contribution is -2.27. The molecule has 0 radical (unpaired) electrons. The average Bonchev–Trinajstić information content (AvgIpc) is 3.13. The van der Waals surface area contributed by atoms with E-state index >= 15 is 0 Å². The summed E-state index contributed by atoms with van der Waals surface area (Å²) in [6.07, 6.45) is 3.57. The number of benzene rings is 1. The molecule has 0 bridgehead atoms. The number of hydrogen-bond donors (Lipinski definition) is 2. The maximum absolute atomic E-state index is 11.7. The Bertz CT molecular complexity index is 374. The molecular weight excluding hydrogens is 236 g/mol. The topological polar surface area (TPSA) is 41.1 Å². The van der Waals surface area contributed by atoms with Gasteiger partial charge in [0.05, 0.1) is 0 Å². The minimum Gasteiger partial charge on any atom is -0.352 e. The van der Waals surface area contributed by atoms with E-state index in [1.165, 1.54) is 12.8 Å². The molecule has 92 valence electrons. The summed E-state index contributed by atoms with van der Waals surface area (Å²) in [7, 11) is 0. The van der Waals surface area contributed by atoms with Crippen LogP contribution in [0.25, 0.3) is 0 Å². The average molecular weight is 253 g/mol. The third-order valence-corrected chi connectivity index (χ3v) is 3.01. The molecule has 1 aliphatic carbocycles. The Balaban J connectivity index is 1.64. The molecule has 0 atom stereocenters. The molecule has 0 unspecified atom stereocenters. The molecule has 0 heterocycles. The second-order valence-corrected chi connectivity index (χ2v) is 4.78. The minimum atomic E-state index is -0.0342. The van der Waals surface area contributed by atoms with Gasteiger partial charge in [-0.1, -0.05) is 11.6 Å². The maximum Gasteiger partial charge on any atom is 0.251 e. The summed E-state index contributed by atoms with van der Waals surface area (Å²) in [6.45, 7) is 1.69. The van der Waals surface area contributed by atoms with Crippen molar-refractivity contribution in [1.82, 2.24) is 10.6 Å². The van der Waals surface area contributed by atoms with Gasteiger partial charge in [-0.25, -0.2) is 0 Å². The summed E-state index contributed by atoms with van der Waals surface area (Å²) in [5.74, 6) is -0.0342. The van der Waals surface area contributed by atoms with Crippen molar-refractivity contribution in [3.05, 3.63) is 34.9 Å². The number of amides is 1. The molecule has 1 amide bonds. The van der Waals surface area contributed by atoms with E-state index in [1.54, 1.807) is 24.3 Å². The van der Waals surface area contributed by atoms with Crippen LogP contribution in [0.2, 0.25) is 5.02 Å². The van der Waals surface area contributed by atoms with Gasteiger partial charge in [-0.15, -0.1) is 0 Å². The molecule has 3 nitrogen and oxygen atoms in total. The highest BCUT2D eigenvalue weighted by Gasteiger charge is 2.19. The molecule has 1 aliphatic rings. The molecule has 1 saturated carbocycles. The summed E-state index contributed by atoms with van der Waals surface area (Å²) < 4.78 is 0. The predicted octanol–water partition coefficient (Wildman–Crippen LogP) is 2.21. The largest absolute Gasteiger partial charge is 0.352 e. The molecule has 1 aromatic rings. The van der Waals surface area contributed by atoms with Crippen LogP contribution in [0.5, 0.6) is 0 Å². The molecule has 1 fully saturated rings. The molecule has 0 aliphatic heterocycles. The lowest BCUT2D eigenvalue weighted by molar-refractivity contribution is 0.0953. The Labute approximate surface area is 107 Å². The SMILES string of the molecule is O=C(NCCCNC1CC1)c1ccc(Cl)cc1. The van der Waals surface area contributed by atoms with Crippen molar-refractivity contribution >= 4 is 17.5 Å². The highest BCUT2D eigenvalue weighted by molar-refractivity contribution is 6.30. The van der Waals surface area contributed by atoms with Crippen molar-refractivity contribution in [1.29, 1.82) is 0 Å². The van der Waals surface area contributed by atoms with Crippen LogP contribution < -0.4 is 10.6 Å². The quantitative estimate of drug-likeness (QED) is 0.763. The zero-order chi connectivity index (χ0) is 12.1. The molecule has 1 aromatic carbocycles. The first kappa shape index (κ1) is 12.4. The monoisotopic (exact) mass is 252 g/mol. The second kappa shape index (κ2) is 6.03. The number of rotatable bonds is 6. The van der Waals surface area contributed by atoms with Gasteiger partial charge in [0.15, 0.2) is 0 Å². The van der Waals surface area contributed by atoms with Crippen molar-refractivity contribution in [2.75, 3.05) is 13.1 Å². The third-order valence-electron chi connectivity index (χ3n) is 2.76. The van der Waals surface area contributed by atoms with E-state index in [1.807, 2.05) is 0 Å². The van der Waals surface area contributed by atoms with Crippen molar-refractivity contribution in [2.24, 2.45) is 0 Å². The van der Waals surface area contributed by atoms with Crippen LogP contribution in [0.4, 0.5) is 0 Å². The normalized spacial score (nSPS) is 14.6. The van der Waals surface area contributed by atoms with Gasteiger partial charge in [0, 0.05) is 23.2 Å². The van der Waals surface area contributed by atoms with Gasteiger partial charge in [0.25, 0.3) is 5.91 Å². The first-order chi connectivity index (χ1) is 8.25. The van der Waals surface area contributed by atoms with E-state index in [9.17, 15) is 4.79 Å². The van der Waals surface area contributed by atoms with Crippen LogP contribution in [-0.2, 0) is 0 Å². The fourth-order valence-electron chi connectivity index (χ4n) is 1.59. The number of hydrogen-bond acceptors (Lipinski definition) is 2. The zero-order valence-corrected chi connectivity index (χ0v) is 10.5. The van der Waals surface area contributed by atoms with Gasteiger partial charge in [0.1, 0.15) is 0 Å². The van der Waals surface area contributed by atoms with Crippen LogP contribution in [0.1, 0.15) is 29.6 Å². The van der Waals surface area contributed by atoms with Crippen LogP contribution in [-0.4, -0.2) is 25.0 Å². The van der Waals surface area contributed by atoms with E-state index in [2.05, 4.69) is 10.6 Å². The summed E-state index contributed by atoms with van der Waals surface area (Å²) in [4.78, 5) is 11.7.